The molecule has 1 aromatic heterocycles. The van der Waals surface area contributed by atoms with E-state index in [0.717, 1.165) is 12.2 Å². The Hall–Kier alpha value is -1.17. The molecule has 1 aliphatic rings. The second kappa shape index (κ2) is 4.78. The maximum atomic E-state index is 11.5. The first kappa shape index (κ1) is 11.3. The van der Waals surface area contributed by atoms with Crippen LogP contribution in [0.15, 0.2) is 15.8 Å². The smallest absolute Gasteiger partial charge is 0.328 e. The summed E-state index contributed by atoms with van der Waals surface area (Å²) in [6.07, 6.45) is 5.03. The molecular formula is C10H15N3O2S. The Morgan fingerprint density at radius 3 is 3.00 bits per heavy atom. The van der Waals surface area contributed by atoms with Crippen molar-refractivity contribution in [2.45, 2.75) is 31.1 Å². The predicted molar refractivity (Wildman–Crippen MR) is 65.8 cm³/mol. The molecule has 0 bridgehead atoms. The molecule has 6 heteroatoms. The summed E-state index contributed by atoms with van der Waals surface area (Å²) in [7, 11) is 0. The van der Waals surface area contributed by atoms with E-state index in [-0.39, 0.29) is 11.4 Å². The summed E-state index contributed by atoms with van der Waals surface area (Å²) >= 11 is 1.88. The van der Waals surface area contributed by atoms with Crippen LogP contribution in [0, 0.1) is 0 Å². The van der Waals surface area contributed by atoms with E-state index < -0.39 is 5.56 Å². The average molecular weight is 241 g/mol. The van der Waals surface area contributed by atoms with Gasteiger partial charge in [-0.3, -0.25) is 14.3 Å². The molecule has 1 aromatic rings. The fourth-order valence-electron chi connectivity index (χ4n) is 1.83. The molecule has 2 rings (SSSR count). The van der Waals surface area contributed by atoms with E-state index in [1.165, 1.54) is 23.6 Å². The number of nitrogen functional groups attached to an aromatic ring is 1. The summed E-state index contributed by atoms with van der Waals surface area (Å²) in [5, 5.41) is 0.455. The number of aromatic nitrogens is 2. The van der Waals surface area contributed by atoms with Gasteiger partial charge in [0.15, 0.2) is 0 Å². The maximum Gasteiger partial charge on any atom is 0.328 e. The van der Waals surface area contributed by atoms with Gasteiger partial charge >= 0.3 is 5.69 Å². The Morgan fingerprint density at radius 1 is 1.50 bits per heavy atom. The standard InChI is InChI=1S/C10H15N3O2S/c11-8-6-13(10(15)12-9(8)14)5-7-3-1-2-4-16-7/h6-7H,1-5,11H2,(H,12,14,15). The number of hydrogen-bond donors (Lipinski definition) is 2. The lowest BCUT2D eigenvalue weighted by atomic mass is 10.2. The summed E-state index contributed by atoms with van der Waals surface area (Å²) in [6, 6.07) is 0. The van der Waals surface area contributed by atoms with E-state index in [9.17, 15) is 9.59 Å². The zero-order chi connectivity index (χ0) is 11.5. The van der Waals surface area contributed by atoms with Crippen molar-refractivity contribution < 1.29 is 0 Å². The third kappa shape index (κ3) is 2.49. The topological polar surface area (TPSA) is 80.9 Å². The minimum absolute atomic E-state index is 0.0976. The molecule has 1 unspecified atom stereocenters. The first-order chi connectivity index (χ1) is 7.66. The van der Waals surface area contributed by atoms with Crippen LogP contribution in [0.3, 0.4) is 0 Å². The largest absolute Gasteiger partial charge is 0.393 e. The van der Waals surface area contributed by atoms with Crippen LogP contribution >= 0.6 is 11.8 Å². The Labute approximate surface area is 97.1 Å². The summed E-state index contributed by atoms with van der Waals surface area (Å²) < 4.78 is 1.50. The highest BCUT2D eigenvalue weighted by molar-refractivity contribution is 7.99. The van der Waals surface area contributed by atoms with Crippen LogP contribution < -0.4 is 17.0 Å². The minimum Gasteiger partial charge on any atom is -0.393 e. The van der Waals surface area contributed by atoms with Crippen LogP contribution in [0.5, 0.6) is 0 Å². The number of nitrogens with two attached hydrogens (primary N) is 1. The zero-order valence-corrected chi connectivity index (χ0v) is 9.76. The second-order valence-corrected chi connectivity index (χ2v) is 5.39. The van der Waals surface area contributed by atoms with Crippen LogP contribution in [0.25, 0.3) is 0 Å². The normalized spacial score (nSPS) is 20.9. The van der Waals surface area contributed by atoms with Crippen molar-refractivity contribution in [3.8, 4) is 0 Å². The average Bonchev–Trinajstić information content (AvgIpc) is 2.27. The highest BCUT2D eigenvalue weighted by atomic mass is 32.2. The lowest BCUT2D eigenvalue weighted by Crippen LogP contribution is -2.33. The van der Waals surface area contributed by atoms with Crippen molar-refractivity contribution in [1.82, 2.24) is 9.55 Å². The number of aromatic amines is 1. The quantitative estimate of drug-likeness (QED) is 0.785. The van der Waals surface area contributed by atoms with Gasteiger partial charge in [0.1, 0.15) is 5.69 Å². The van der Waals surface area contributed by atoms with Gasteiger partial charge < -0.3 is 5.73 Å². The minimum atomic E-state index is -0.502. The zero-order valence-electron chi connectivity index (χ0n) is 8.94. The van der Waals surface area contributed by atoms with Gasteiger partial charge in [-0.05, 0) is 18.6 Å². The van der Waals surface area contributed by atoms with E-state index >= 15 is 0 Å². The summed E-state index contributed by atoms with van der Waals surface area (Å²) in [6.45, 7) is 0.629. The van der Waals surface area contributed by atoms with Crippen molar-refractivity contribution in [3.05, 3.63) is 27.0 Å². The molecule has 5 nitrogen and oxygen atoms in total. The van der Waals surface area contributed by atoms with Crippen LogP contribution in [0.2, 0.25) is 0 Å². The predicted octanol–water partition coefficient (Wildman–Crippen LogP) is 0.405. The molecule has 1 fully saturated rings. The van der Waals surface area contributed by atoms with Gasteiger partial charge in [0.25, 0.3) is 5.56 Å². The fraction of sp³-hybridized carbons (Fsp3) is 0.600. The molecule has 16 heavy (non-hydrogen) atoms. The van der Waals surface area contributed by atoms with Gasteiger partial charge in [-0.25, -0.2) is 4.79 Å². The molecule has 1 saturated heterocycles. The van der Waals surface area contributed by atoms with Crippen LogP contribution in [-0.4, -0.2) is 20.6 Å². The molecule has 0 aliphatic carbocycles. The Balaban J connectivity index is 2.17. The van der Waals surface area contributed by atoms with E-state index in [1.807, 2.05) is 11.8 Å². The Morgan fingerprint density at radius 2 is 2.31 bits per heavy atom. The Kier molecular flexibility index (Phi) is 3.38. The second-order valence-electron chi connectivity index (χ2n) is 3.98. The monoisotopic (exact) mass is 241 g/mol. The summed E-state index contributed by atoms with van der Waals surface area (Å²) in [4.78, 5) is 24.8. The van der Waals surface area contributed by atoms with Crippen LogP contribution in [0.4, 0.5) is 5.69 Å². The molecule has 0 radical (unpaired) electrons. The molecule has 0 spiro atoms. The van der Waals surface area contributed by atoms with Crippen molar-refractivity contribution in [1.29, 1.82) is 0 Å². The number of hydrogen-bond acceptors (Lipinski definition) is 4. The lowest BCUT2D eigenvalue weighted by molar-refractivity contribution is 0.563. The third-order valence-electron chi connectivity index (χ3n) is 2.71. The Bertz CT molecular complexity index is 474. The third-order valence-corrected chi connectivity index (χ3v) is 4.09. The first-order valence-electron chi connectivity index (χ1n) is 5.37. The van der Waals surface area contributed by atoms with E-state index in [0.29, 0.717) is 11.8 Å². The van der Waals surface area contributed by atoms with Gasteiger partial charge in [-0.15, -0.1) is 0 Å². The number of H-pyrrole nitrogens is 1. The van der Waals surface area contributed by atoms with Crippen molar-refractivity contribution in [3.63, 3.8) is 0 Å². The van der Waals surface area contributed by atoms with E-state index in [4.69, 9.17) is 5.73 Å². The lowest BCUT2D eigenvalue weighted by Gasteiger charge is -2.21. The number of thioether (sulfide) groups is 1. The number of anilines is 1. The van der Waals surface area contributed by atoms with Gasteiger partial charge in [-0.1, -0.05) is 6.42 Å². The van der Waals surface area contributed by atoms with E-state index in [1.54, 1.807) is 0 Å². The van der Waals surface area contributed by atoms with Crippen molar-refractivity contribution in [2.75, 3.05) is 11.5 Å². The van der Waals surface area contributed by atoms with Crippen LogP contribution in [-0.2, 0) is 6.54 Å². The SMILES string of the molecule is Nc1cn(CC2CCCCS2)c(=O)[nH]c1=O. The highest BCUT2D eigenvalue weighted by Crippen LogP contribution is 2.25. The summed E-state index contributed by atoms with van der Waals surface area (Å²) in [5.74, 6) is 1.15. The van der Waals surface area contributed by atoms with Crippen LogP contribution in [0.1, 0.15) is 19.3 Å². The number of nitrogens with one attached hydrogen (secondary N) is 1. The van der Waals surface area contributed by atoms with Crippen molar-refractivity contribution >= 4 is 17.4 Å². The molecular weight excluding hydrogens is 226 g/mol. The highest BCUT2D eigenvalue weighted by Gasteiger charge is 2.15. The molecule has 3 N–H and O–H groups in total. The molecule has 2 heterocycles. The van der Waals surface area contributed by atoms with Gasteiger partial charge in [0.05, 0.1) is 0 Å². The number of rotatable bonds is 2. The number of nitrogens with zero attached hydrogens (tertiary/aromatic N) is 1. The fourth-order valence-corrected chi connectivity index (χ4v) is 3.14. The molecule has 0 aromatic carbocycles. The molecule has 0 saturated carbocycles. The van der Waals surface area contributed by atoms with E-state index in [2.05, 4.69) is 4.98 Å². The molecule has 1 atom stereocenters. The maximum absolute atomic E-state index is 11.5. The van der Waals surface area contributed by atoms with Crippen molar-refractivity contribution in [2.24, 2.45) is 0 Å². The molecule has 0 amide bonds. The van der Waals surface area contributed by atoms with Gasteiger partial charge in [0, 0.05) is 18.0 Å². The first-order valence-corrected chi connectivity index (χ1v) is 6.42. The van der Waals surface area contributed by atoms with Gasteiger partial charge in [0.2, 0.25) is 0 Å². The summed E-state index contributed by atoms with van der Waals surface area (Å²) in [5.41, 5.74) is 4.71. The molecule has 1 aliphatic heterocycles. The van der Waals surface area contributed by atoms with Gasteiger partial charge in [-0.2, -0.15) is 11.8 Å². The molecule has 88 valence electrons.